The van der Waals surface area contributed by atoms with Gasteiger partial charge in [-0.1, -0.05) is 51.5 Å². The van der Waals surface area contributed by atoms with Gasteiger partial charge in [0.1, 0.15) is 11.3 Å². The number of fused-ring (bicyclic) bond motifs is 5. The molecule has 0 bridgehead atoms. The highest BCUT2D eigenvalue weighted by Crippen LogP contribution is 2.58. The number of hydrogen-bond acceptors (Lipinski definition) is 12. The summed E-state index contributed by atoms with van der Waals surface area (Å²) in [4.78, 5) is 43.0. The van der Waals surface area contributed by atoms with Crippen LogP contribution in [-0.2, 0) is 27.2 Å². The fraction of sp³-hybridized carbons (Fsp3) is 0.488. The summed E-state index contributed by atoms with van der Waals surface area (Å²) in [7, 11) is 5.57. The molecule has 2 aliphatic carbocycles. The van der Waals surface area contributed by atoms with Gasteiger partial charge in [-0.15, -0.1) is 0 Å². The van der Waals surface area contributed by atoms with Gasteiger partial charge in [-0.2, -0.15) is 0 Å². The number of nitrogens with two attached hydrogens (primary N) is 1. The Labute approximate surface area is 322 Å². The molecule has 8 rings (SSSR count). The summed E-state index contributed by atoms with van der Waals surface area (Å²) in [6.07, 6.45) is 12.3. The smallest absolute Gasteiger partial charge is 0.339 e. The second kappa shape index (κ2) is 14.3. The number of nitrogens with zero attached hydrogens (tertiary/aromatic N) is 1. The minimum absolute atomic E-state index is 0.0265. The number of esters is 1. The quantitative estimate of drug-likeness (QED) is 0.108. The summed E-state index contributed by atoms with van der Waals surface area (Å²) >= 11 is 0. The van der Waals surface area contributed by atoms with E-state index in [0.29, 0.717) is 78.7 Å². The molecule has 6 aliphatic rings. The average molecular weight is 773 g/mol. The summed E-state index contributed by atoms with van der Waals surface area (Å²) in [5.41, 5.74) is 9.06. The largest absolute Gasteiger partial charge is 0.481 e. The number of dihydropyridines is 1. The van der Waals surface area contributed by atoms with Crippen LogP contribution < -0.4 is 26.7 Å². The summed E-state index contributed by atoms with van der Waals surface area (Å²) in [5, 5.41) is 17.0. The monoisotopic (exact) mass is 772 g/mol. The van der Waals surface area contributed by atoms with Gasteiger partial charge in [0, 0.05) is 72.8 Å². The van der Waals surface area contributed by atoms with Crippen molar-refractivity contribution in [3.8, 4) is 5.75 Å². The predicted octanol–water partition coefficient (Wildman–Crippen LogP) is 4.44. The Kier molecular flexibility index (Phi) is 9.81. The van der Waals surface area contributed by atoms with E-state index >= 15 is 0 Å². The first-order valence-corrected chi connectivity index (χ1v) is 21.2. The molecule has 0 unspecified atom stereocenters. The molecule has 13 heteroatoms. The number of nitrogens with one attached hydrogen (secondary N) is 2. The Morgan fingerprint density at radius 1 is 1.26 bits per heavy atom. The third-order valence-corrected chi connectivity index (χ3v) is 15.0. The first kappa shape index (κ1) is 37.0. The topological polar surface area (TPSA) is 156 Å². The minimum atomic E-state index is -1.16. The number of hydrogen-bond donors (Lipinski definition) is 4. The number of aryl methyl sites for hydroxylation is 1. The Bertz CT molecular complexity index is 2120. The fourth-order valence-electron chi connectivity index (χ4n) is 9.23. The lowest BCUT2D eigenvalue weighted by Gasteiger charge is -2.55. The maximum Gasteiger partial charge on any atom is 0.339 e. The third-order valence-electron chi connectivity index (χ3n) is 12.4. The van der Waals surface area contributed by atoms with Crippen molar-refractivity contribution in [1.82, 2.24) is 15.5 Å². The molecule has 1 aromatic carbocycles. The zero-order chi connectivity index (χ0) is 37.9. The van der Waals surface area contributed by atoms with Crippen LogP contribution in [0.15, 0.2) is 85.9 Å². The summed E-state index contributed by atoms with van der Waals surface area (Å²) < 4.78 is 19.7. The lowest BCUT2D eigenvalue weighted by molar-refractivity contribution is -0.186. The van der Waals surface area contributed by atoms with Crippen molar-refractivity contribution in [2.45, 2.75) is 81.4 Å². The predicted molar refractivity (Wildman–Crippen MR) is 212 cm³/mol. The van der Waals surface area contributed by atoms with E-state index in [0.717, 1.165) is 27.7 Å². The van der Waals surface area contributed by atoms with Crippen molar-refractivity contribution in [2.24, 2.45) is 17.6 Å². The number of carbonyl (C=O) groups excluding carboxylic acids is 2. The van der Waals surface area contributed by atoms with E-state index in [1.54, 1.807) is 29.9 Å². The molecule has 1 saturated heterocycles. The molecule has 7 atom stereocenters. The highest BCUT2D eigenvalue weighted by Gasteiger charge is 2.64. The van der Waals surface area contributed by atoms with Gasteiger partial charge in [0.05, 0.1) is 29.5 Å². The molecule has 1 aromatic heterocycles. The first-order valence-electron chi connectivity index (χ1n) is 18.8. The molecule has 2 aromatic rings. The number of rotatable bonds is 6. The van der Waals surface area contributed by atoms with Crippen LogP contribution in [0, 0.1) is 11.8 Å². The molecule has 54 heavy (non-hydrogen) atoms. The highest BCUT2D eigenvalue weighted by atomic mass is 33.1. The van der Waals surface area contributed by atoms with Crippen LogP contribution in [0.4, 0.5) is 0 Å². The number of aliphatic hydroxyl groups excluding tert-OH is 1. The number of benzene rings is 1. The van der Waals surface area contributed by atoms with E-state index < -0.39 is 28.7 Å². The Balaban J connectivity index is 1.28. The van der Waals surface area contributed by atoms with Crippen molar-refractivity contribution in [3.05, 3.63) is 98.2 Å². The van der Waals surface area contributed by atoms with Crippen molar-refractivity contribution in [2.75, 3.05) is 32.5 Å². The highest BCUT2D eigenvalue weighted by molar-refractivity contribution is 8.77. The SMILES string of the molecule is C/C=C(\C)C(=O)O[C@]1(C)CC=C2CSS[C@@H]3C=C[C@H](NC)[C@H]4CN(C(=O)CC5=C(C=C(N)NC5)[C@H]2[C@]12Cc1cc5cc(CCCO)c(=O)oc5cc1O2)[C@H]43. The molecule has 286 valence electrons. The molecular weight excluding hydrogens is 725 g/mol. The van der Waals surface area contributed by atoms with Crippen LogP contribution >= 0.6 is 21.6 Å². The van der Waals surface area contributed by atoms with Crippen molar-refractivity contribution >= 4 is 44.4 Å². The van der Waals surface area contributed by atoms with Crippen molar-refractivity contribution in [1.29, 1.82) is 0 Å². The lowest BCUT2D eigenvalue weighted by atomic mass is 9.61. The van der Waals surface area contributed by atoms with E-state index in [4.69, 9.17) is 19.6 Å². The maximum absolute atomic E-state index is 14.3. The van der Waals surface area contributed by atoms with Crippen LogP contribution in [-0.4, -0.2) is 82.9 Å². The van der Waals surface area contributed by atoms with Crippen LogP contribution in [0.5, 0.6) is 5.75 Å². The van der Waals surface area contributed by atoms with Gasteiger partial charge in [0.2, 0.25) is 5.91 Å². The number of allylic oxidation sites excluding steroid dienone is 2. The van der Waals surface area contributed by atoms with Crippen LogP contribution in [0.1, 0.15) is 51.2 Å². The van der Waals surface area contributed by atoms with Crippen LogP contribution in [0.25, 0.3) is 11.0 Å². The normalized spacial score (nSPS) is 31.8. The van der Waals surface area contributed by atoms with Gasteiger partial charge in [-0.25, -0.2) is 9.59 Å². The second-order valence-corrected chi connectivity index (χ2v) is 18.0. The van der Waals surface area contributed by atoms with Gasteiger partial charge in [0.15, 0.2) is 11.2 Å². The van der Waals surface area contributed by atoms with E-state index in [1.165, 1.54) is 0 Å². The number of ether oxygens (including phenoxy) is 2. The van der Waals surface area contributed by atoms with Crippen LogP contribution in [0.2, 0.25) is 0 Å². The van der Waals surface area contributed by atoms with Gasteiger partial charge >= 0.3 is 11.6 Å². The second-order valence-electron chi connectivity index (χ2n) is 15.5. The summed E-state index contributed by atoms with van der Waals surface area (Å²) in [6, 6.07) is 5.96. The molecule has 1 spiro atoms. The minimum Gasteiger partial charge on any atom is -0.481 e. The van der Waals surface area contributed by atoms with Crippen LogP contribution in [0.3, 0.4) is 0 Å². The molecule has 11 nitrogen and oxygen atoms in total. The summed E-state index contributed by atoms with van der Waals surface area (Å²) in [6.45, 7) is 6.59. The zero-order valence-electron chi connectivity index (χ0n) is 31.1. The molecule has 0 saturated carbocycles. The Morgan fingerprint density at radius 3 is 2.87 bits per heavy atom. The number of aliphatic hydroxyl groups is 1. The van der Waals surface area contributed by atoms with Gasteiger partial charge < -0.3 is 40.3 Å². The molecule has 1 amide bonds. The van der Waals surface area contributed by atoms with Gasteiger partial charge in [-0.05, 0) is 75.6 Å². The number of likely N-dealkylation sites (N-methyl/N-ethyl adjacent to an activating group) is 1. The van der Waals surface area contributed by atoms with Gasteiger partial charge in [0.25, 0.3) is 0 Å². The van der Waals surface area contributed by atoms with Gasteiger partial charge in [-0.3, -0.25) is 4.79 Å². The maximum atomic E-state index is 14.3. The Hall–Kier alpha value is -3.91. The van der Waals surface area contributed by atoms with E-state index in [1.807, 2.05) is 49.9 Å². The molecule has 0 radical (unpaired) electrons. The van der Waals surface area contributed by atoms with Crippen molar-refractivity contribution in [3.63, 3.8) is 0 Å². The standard InChI is InChI=1S/C41H48N4O7S2/c1-5-22(2)38(48)52-40(3)11-10-24-21-53-54-33-9-8-30(43-4)29-20-45(37(29)33)35(47)15-27-19-44-34(42)16-28(27)36(24)41(40)18-26-14-25-13-23(7-6-12-46)39(49)50-31(25)17-32(26)51-41/h5,8-10,13-14,16-17,29-30,33,36-37,43-44,46H,6-7,11-12,15,18-21,42H2,1-4H3/b22-5+/t29-,30+,33-,36+,37-,40-,41-/m1/s1. The van der Waals surface area contributed by atoms with E-state index in [9.17, 15) is 19.5 Å². The molecule has 1 fully saturated rings. The number of amides is 1. The fourth-order valence-corrected chi connectivity index (χ4v) is 12.1. The molecule has 4 aliphatic heterocycles. The van der Waals surface area contributed by atoms with Crippen molar-refractivity contribution < 1.29 is 28.6 Å². The lowest BCUT2D eigenvalue weighted by Crippen LogP contribution is -2.68. The number of carbonyl (C=O) groups is 2. The molecule has 5 N–H and O–H groups in total. The first-order chi connectivity index (χ1) is 26.0. The van der Waals surface area contributed by atoms with E-state index in [-0.39, 0.29) is 36.3 Å². The third kappa shape index (κ3) is 6.11. The average Bonchev–Trinajstić information content (AvgIpc) is 3.51. The zero-order valence-corrected chi connectivity index (χ0v) is 32.7. The Morgan fingerprint density at radius 2 is 2.09 bits per heavy atom. The summed E-state index contributed by atoms with van der Waals surface area (Å²) in [5.74, 6) is 1.31. The molecule has 5 heterocycles. The van der Waals surface area contributed by atoms with E-state index in [2.05, 4.69) is 33.8 Å². The molecular formula is C41H48N4O7S2.